The molecule has 1 heterocycles. The van der Waals surface area contributed by atoms with Gasteiger partial charge in [0.1, 0.15) is 0 Å². The van der Waals surface area contributed by atoms with E-state index in [1.165, 1.54) is 19.3 Å². The molecule has 0 aliphatic carbocycles. The highest BCUT2D eigenvalue weighted by atomic mass is 16.2. The second-order valence-electron chi connectivity index (χ2n) is 4.08. The number of carbonyl (C=O) groups excluding carboxylic acids is 1. The third kappa shape index (κ3) is 3.29. The molecule has 1 aliphatic rings. The van der Waals surface area contributed by atoms with E-state index in [0.717, 1.165) is 19.6 Å². The monoisotopic (exact) mass is 198 g/mol. The molecule has 3 nitrogen and oxygen atoms in total. The molecule has 82 valence electrons. The van der Waals surface area contributed by atoms with Crippen LogP contribution >= 0.6 is 0 Å². The maximum atomic E-state index is 11.5. The molecule has 0 saturated carbocycles. The molecule has 1 saturated heterocycles. The number of carbonyl (C=O) groups is 1. The van der Waals surface area contributed by atoms with Gasteiger partial charge in [-0.25, -0.2) is 0 Å². The maximum absolute atomic E-state index is 11.5. The number of rotatable bonds is 5. The van der Waals surface area contributed by atoms with Crippen molar-refractivity contribution < 1.29 is 4.79 Å². The number of hydrogen-bond acceptors (Lipinski definition) is 2. The summed E-state index contributed by atoms with van der Waals surface area (Å²) in [5.74, 6) is 0.966. The summed E-state index contributed by atoms with van der Waals surface area (Å²) >= 11 is 0. The van der Waals surface area contributed by atoms with Crippen LogP contribution in [0, 0.1) is 5.92 Å². The van der Waals surface area contributed by atoms with Crippen LogP contribution in [0.5, 0.6) is 0 Å². The highest BCUT2D eigenvalue weighted by Crippen LogP contribution is 2.13. The van der Waals surface area contributed by atoms with Gasteiger partial charge in [-0.15, -0.1) is 0 Å². The Kier molecular flexibility index (Phi) is 4.94. The number of amides is 1. The summed E-state index contributed by atoms with van der Waals surface area (Å²) < 4.78 is 0. The number of hydrogen-bond donors (Lipinski definition) is 1. The molecule has 0 aromatic rings. The minimum atomic E-state index is 0.269. The van der Waals surface area contributed by atoms with E-state index in [4.69, 9.17) is 0 Å². The van der Waals surface area contributed by atoms with Crippen molar-refractivity contribution in [3.8, 4) is 0 Å². The van der Waals surface area contributed by atoms with Crippen molar-refractivity contribution in [2.24, 2.45) is 5.92 Å². The number of piperazine rings is 1. The first kappa shape index (κ1) is 11.5. The summed E-state index contributed by atoms with van der Waals surface area (Å²) in [7, 11) is 0. The van der Waals surface area contributed by atoms with Crippen molar-refractivity contribution in [3.05, 3.63) is 0 Å². The van der Waals surface area contributed by atoms with Gasteiger partial charge in [-0.1, -0.05) is 26.7 Å². The Hall–Kier alpha value is -0.570. The van der Waals surface area contributed by atoms with E-state index in [0.29, 0.717) is 12.5 Å². The van der Waals surface area contributed by atoms with Crippen molar-refractivity contribution >= 4 is 5.91 Å². The molecule has 1 fully saturated rings. The second-order valence-corrected chi connectivity index (χ2v) is 4.08. The van der Waals surface area contributed by atoms with E-state index < -0.39 is 0 Å². The molecule has 3 heteroatoms. The van der Waals surface area contributed by atoms with Crippen molar-refractivity contribution in [1.29, 1.82) is 0 Å². The van der Waals surface area contributed by atoms with Crippen LogP contribution in [0.3, 0.4) is 0 Å². The second kappa shape index (κ2) is 6.02. The Bertz CT molecular complexity index is 182. The molecule has 1 rings (SSSR count). The van der Waals surface area contributed by atoms with E-state index in [-0.39, 0.29) is 5.91 Å². The van der Waals surface area contributed by atoms with Crippen molar-refractivity contribution in [3.63, 3.8) is 0 Å². The Morgan fingerprint density at radius 2 is 2.29 bits per heavy atom. The van der Waals surface area contributed by atoms with Crippen LogP contribution in [-0.4, -0.2) is 37.0 Å². The Morgan fingerprint density at radius 3 is 2.86 bits per heavy atom. The van der Waals surface area contributed by atoms with Gasteiger partial charge in [-0.2, -0.15) is 0 Å². The van der Waals surface area contributed by atoms with E-state index in [1.54, 1.807) is 0 Å². The fourth-order valence-electron chi connectivity index (χ4n) is 1.98. The quantitative estimate of drug-likeness (QED) is 0.721. The van der Waals surface area contributed by atoms with Gasteiger partial charge in [0.25, 0.3) is 0 Å². The number of nitrogens with zero attached hydrogens (tertiary/aromatic N) is 1. The molecule has 14 heavy (non-hydrogen) atoms. The van der Waals surface area contributed by atoms with Crippen LogP contribution in [-0.2, 0) is 4.79 Å². The van der Waals surface area contributed by atoms with Crippen LogP contribution in [0.4, 0.5) is 0 Å². The van der Waals surface area contributed by atoms with Crippen molar-refractivity contribution in [2.75, 3.05) is 26.2 Å². The van der Waals surface area contributed by atoms with Crippen LogP contribution in [0.25, 0.3) is 0 Å². The van der Waals surface area contributed by atoms with E-state index in [9.17, 15) is 4.79 Å². The first-order valence-electron chi connectivity index (χ1n) is 5.76. The lowest BCUT2D eigenvalue weighted by Crippen LogP contribution is -2.49. The van der Waals surface area contributed by atoms with Crippen LogP contribution in [0.2, 0.25) is 0 Å². The van der Waals surface area contributed by atoms with E-state index >= 15 is 0 Å². The maximum Gasteiger partial charge on any atom is 0.236 e. The summed E-state index contributed by atoms with van der Waals surface area (Å²) in [4.78, 5) is 13.5. The highest BCUT2D eigenvalue weighted by molar-refractivity contribution is 5.78. The molecule has 0 radical (unpaired) electrons. The third-order valence-electron chi connectivity index (χ3n) is 2.94. The smallest absolute Gasteiger partial charge is 0.236 e. The van der Waals surface area contributed by atoms with Crippen LogP contribution in [0.1, 0.15) is 33.1 Å². The molecule has 1 N–H and O–H groups in total. The zero-order valence-corrected chi connectivity index (χ0v) is 9.38. The first-order valence-corrected chi connectivity index (χ1v) is 5.76. The number of nitrogens with one attached hydrogen (secondary N) is 1. The molecule has 1 amide bonds. The van der Waals surface area contributed by atoms with Crippen LogP contribution in [0.15, 0.2) is 0 Å². The fraction of sp³-hybridized carbons (Fsp3) is 0.909. The molecule has 0 aromatic carbocycles. The lowest BCUT2D eigenvalue weighted by atomic mass is 10.00. The Balaban J connectivity index is 2.35. The lowest BCUT2D eigenvalue weighted by Gasteiger charge is -2.30. The highest BCUT2D eigenvalue weighted by Gasteiger charge is 2.19. The summed E-state index contributed by atoms with van der Waals surface area (Å²) in [6.07, 6.45) is 3.65. The Morgan fingerprint density at radius 1 is 1.50 bits per heavy atom. The van der Waals surface area contributed by atoms with E-state index in [1.807, 2.05) is 4.90 Å². The van der Waals surface area contributed by atoms with Gasteiger partial charge in [0.2, 0.25) is 5.91 Å². The van der Waals surface area contributed by atoms with Gasteiger partial charge < -0.3 is 10.2 Å². The average molecular weight is 198 g/mol. The molecule has 1 unspecified atom stereocenters. The predicted molar refractivity (Wildman–Crippen MR) is 58.1 cm³/mol. The van der Waals surface area contributed by atoms with Gasteiger partial charge in [-0.3, -0.25) is 4.79 Å². The summed E-state index contributed by atoms with van der Waals surface area (Å²) in [6, 6.07) is 0. The molecular weight excluding hydrogens is 176 g/mol. The van der Waals surface area contributed by atoms with Gasteiger partial charge in [-0.05, 0) is 12.3 Å². The SMILES string of the molecule is CCCC(CC)CN1CCNCC1=O. The minimum Gasteiger partial charge on any atom is -0.340 e. The summed E-state index contributed by atoms with van der Waals surface area (Å²) in [5.41, 5.74) is 0. The first-order chi connectivity index (χ1) is 6.77. The van der Waals surface area contributed by atoms with Gasteiger partial charge in [0.15, 0.2) is 0 Å². The standard InChI is InChI=1S/C11H22N2O/c1-3-5-10(4-2)9-13-7-6-12-8-11(13)14/h10,12H,3-9H2,1-2H3. The predicted octanol–water partition coefficient (Wildman–Crippen LogP) is 1.24. The largest absolute Gasteiger partial charge is 0.340 e. The zero-order valence-electron chi connectivity index (χ0n) is 9.38. The minimum absolute atomic E-state index is 0.269. The third-order valence-corrected chi connectivity index (χ3v) is 2.94. The summed E-state index contributed by atoms with van der Waals surface area (Å²) in [5, 5.41) is 3.10. The molecule has 1 atom stereocenters. The normalized spacial score (nSPS) is 19.9. The molecular formula is C11H22N2O. The zero-order chi connectivity index (χ0) is 10.4. The lowest BCUT2D eigenvalue weighted by molar-refractivity contribution is -0.132. The van der Waals surface area contributed by atoms with Gasteiger partial charge in [0.05, 0.1) is 6.54 Å². The van der Waals surface area contributed by atoms with Crippen molar-refractivity contribution in [2.45, 2.75) is 33.1 Å². The molecule has 0 aromatic heterocycles. The molecule has 0 spiro atoms. The average Bonchev–Trinajstić information content (AvgIpc) is 2.20. The molecule has 1 aliphatic heterocycles. The topological polar surface area (TPSA) is 32.3 Å². The van der Waals surface area contributed by atoms with Crippen LogP contribution < -0.4 is 5.32 Å². The fourth-order valence-corrected chi connectivity index (χ4v) is 1.98. The Labute approximate surface area is 86.9 Å². The molecule has 0 bridgehead atoms. The summed E-state index contributed by atoms with van der Waals surface area (Å²) in [6.45, 7) is 7.76. The van der Waals surface area contributed by atoms with Gasteiger partial charge in [0, 0.05) is 19.6 Å². The van der Waals surface area contributed by atoms with E-state index in [2.05, 4.69) is 19.2 Å². The van der Waals surface area contributed by atoms with Crippen molar-refractivity contribution in [1.82, 2.24) is 10.2 Å². The van der Waals surface area contributed by atoms with Gasteiger partial charge >= 0.3 is 0 Å².